The zero-order valence-electron chi connectivity index (χ0n) is 10.9. The molecule has 0 aromatic rings. The second-order valence-electron chi connectivity index (χ2n) is 4.92. The number of allylic oxidation sites excluding steroid dienone is 1. The average Bonchev–Trinajstić information content (AvgIpc) is 2.10. The fourth-order valence-corrected chi connectivity index (χ4v) is 1.36. The van der Waals surface area contributed by atoms with Crippen molar-refractivity contribution in [1.29, 1.82) is 0 Å². The first-order valence-corrected chi connectivity index (χ1v) is 5.62. The third-order valence-corrected chi connectivity index (χ3v) is 1.92. The van der Waals surface area contributed by atoms with Gasteiger partial charge in [0, 0.05) is 18.5 Å². The summed E-state index contributed by atoms with van der Waals surface area (Å²) in [6.07, 6.45) is 2.79. The molecule has 1 unspecified atom stereocenters. The summed E-state index contributed by atoms with van der Waals surface area (Å²) in [4.78, 5) is 21.9. The van der Waals surface area contributed by atoms with Crippen molar-refractivity contribution < 1.29 is 23.9 Å². The van der Waals surface area contributed by atoms with Gasteiger partial charge in [-0.15, -0.1) is 0 Å². The smallest absolute Gasteiger partial charge is 0.330 e. The van der Waals surface area contributed by atoms with E-state index in [-0.39, 0.29) is 6.42 Å². The summed E-state index contributed by atoms with van der Waals surface area (Å²) in [6, 6.07) is 0. The first kappa shape index (κ1) is 15.6. The van der Waals surface area contributed by atoms with Gasteiger partial charge in [0.2, 0.25) is 0 Å². The lowest BCUT2D eigenvalue weighted by Gasteiger charge is -2.28. The molecule has 0 aliphatic rings. The molecule has 0 heterocycles. The highest BCUT2D eigenvalue weighted by Crippen LogP contribution is 2.05. The Morgan fingerprint density at radius 3 is 2.35 bits per heavy atom. The first-order valence-electron chi connectivity index (χ1n) is 5.62. The Hall–Kier alpha value is -1.36. The summed E-state index contributed by atoms with van der Waals surface area (Å²) in [5.41, 5.74) is 0. The van der Waals surface area contributed by atoms with Gasteiger partial charge in [-0.1, -0.05) is 13.0 Å². The van der Waals surface area contributed by atoms with Gasteiger partial charge < -0.3 is 19.1 Å². The summed E-state index contributed by atoms with van der Waals surface area (Å²) < 4.78 is 5.59. The van der Waals surface area contributed by atoms with Crippen molar-refractivity contribution >= 4 is 11.9 Å². The number of esters is 1. The molecule has 0 saturated heterocycles. The molecule has 0 fully saturated rings. The SMILES string of the molecule is CCC=CC(=O)OC(CC(=O)[O-])C[N+](C)(C)C. The van der Waals surface area contributed by atoms with Crippen LogP contribution in [0.4, 0.5) is 0 Å². The molecule has 5 nitrogen and oxygen atoms in total. The summed E-state index contributed by atoms with van der Waals surface area (Å²) in [5.74, 6) is -1.72. The van der Waals surface area contributed by atoms with Crippen molar-refractivity contribution in [2.75, 3.05) is 27.7 Å². The van der Waals surface area contributed by atoms with Crippen LogP contribution in [0, 0.1) is 0 Å². The zero-order valence-corrected chi connectivity index (χ0v) is 10.9. The normalized spacial score (nSPS) is 13.6. The lowest BCUT2D eigenvalue weighted by Crippen LogP contribution is -2.45. The third-order valence-electron chi connectivity index (χ3n) is 1.92. The fraction of sp³-hybridized carbons (Fsp3) is 0.667. The van der Waals surface area contributed by atoms with Crippen LogP contribution < -0.4 is 5.11 Å². The second kappa shape index (κ2) is 7.06. The Labute approximate surface area is 102 Å². The largest absolute Gasteiger partial charge is 0.550 e. The van der Waals surface area contributed by atoms with Gasteiger partial charge in [0.15, 0.2) is 6.10 Å². The number of carboxylic acids is 1. The van der Waals surface area contributed by atoms with E-state index in [0.717, 1.165) is 6.42 Å². The predicted octanol–water partition coefficient (Wildman–Crippen LogP) is -0.289. The molecule has 0 aromatic carbocycles. The van der Waals surface area contributed by atoms with Crippen LogP contribution >= 0.6 is 0 Å². The van der Waals surface area contributed by atoms with Crippen LogP contribution in [0.1, 0.15) is 19.8 Å². The van der Waals surface area contributed by atoms with Gasteiger partial charge in [-0.3, -0.25) is 0 Å². The lowest BCUT2D eigenvalue weighted by molar-refractivity contribution is -0.873. The number of rotatable bonds is 7. The van der Waals surface area contributed by atoms with Crippen LogP contribution in [0.2, 0.25) is 0 Å². The molecule has 0 radical (unpaired) electrons. The molecule has 17 heavy (non-hydrogen) atoms. The molecule has 0 aliphatic carbocycles. The number of ether oxygens (including phenoxy) is 1. The topological polar surface area (TPSA) is 66.4 Å². The maximum Gasteiger partial charge on any atom is 0.330 e. The molecule has 1 atom stereocenters. The summed E-state index contributed by atoms with van der Waals surface area (Å²) >= 11 is 0. The average molecular weight is 243 g/mol. The Morgan fingerprint density at radius 1 is 1.35 bits per heavy atom. The number of likely N-dealkylation sites (N-methyl/N-ethyl adjacent to an activating group) is 1. The molecule has 0 aliphatic heterocycles. The molecule has 0 N–H and O–H groups in total. The minimum Gasteiger partial charge on any atom is -0.550 e. The monoisotopic (exact) mass is 243 g/mol. The van der Waals surface area contributed by atoms with Crippen molar-refractivity contribution in [3.8, 4) is 0 Å². The van der Waals surface area contributed by atoms with Gasteiger partial charge in [0.1, 0.15) is 6.54 Å². The number of nitrogens with zero attached hydrogens (tertiary/aromatic N) is 1. The van der Waals surface area contributed by atoms with Gasteiger partial charge >= 0.3 is 5.97 Å². The number of quaternary nitrogens is 1. The van der Waals surface area contributed by atoms with E-state index < -0.39 is 18.0 Å². The van der Waals surface area contributed by atoms with E-state index in [1.807, 2.05) is 28.1 Å². The van der Waals surface area contributed by atoms with Gasteiger partial charge in [0.05, 0.1) is 21.1 Å². The van der Waals surface area contributed by atoms with Crippen LogP contribution in [0.5, 0.6) is 0 Å². The zero-order chi connectivity index (χ0) is 13.5. The molecule has 0 saturated carbocycles. The molecule has 0 aromatic heterocycles. The van der Waals surface area contributed by atoms with Crippen molar-refractivity contribution in [1.82, 2.24) is 0 Å². The van der Waals surface area contributed by atoms with E-state index in [9.17, 15) is 14.7 Å². The minimum atomic E-state index is -1.21. The Balaban J connectivity index is 4.43. The summed E-state index contributed by atoms with van der Waals surface area (Å²) in [5, 5.41) is 10.6. The van der Waals surface area contributed by atoms with Gasteiger partial charge in [0.25, 0.3) is 0 Å². The Bertz CT molecular complexity index is 291. The van der Waals surface area contributed by atoms with E-state index in [0.29, 0.717) is 11.0 Å². The van der Waals surface area contributed by atoms with Crippen LogP contribution in [-0.4, -0.2) is 50.2 Å². The Morgan fingerprint density at radius 2 is 1.94 bits per heavy atom. The number of aliphatic carboxylic acids is 1. The molecule has 0 amide bonds. The van der Waals surface area contributed by atoms with Crippen molar-refractivity contribution in [3.05, 3.63) is 12.2 Å². The van der Waals surface area contributed by atoms with Gasteiger partial charge in [-0.25, -0.2) is 4.79 Å². The Kier molecular flexibility index (Phi) is 6.50. The van der Waals surface area contributed by atoms with Crippen LogP contribution in [-0.2, 0) is 14.3 Å². The molecule has 0 bridgehead atoms. The predicted molar refractivity (Wildman–Crippen MR) is 61.8 cm³/mol. The van der Waals surface area contributed by atoms with E-state index in [1.165, 1.54) is 6.08 Å². The van der Waals surface area contributed by atoms with Crippen molar-refractivity contribution in [3.63, 3.8) is 0 Å². The van der Waals surface area contributed by atoms with Crippen molar-refractivity contribution in [2.45, 2.75) is 25.9 Å². The van der Waals surface area contributed by atoms with E-state index in [4.69, 9.17) is 4.74 Å². The standard InChI is InChI=1S/C12H21NO4/c1-5-6-7-12(16)17-10(8-11(14)15)9-13(2,3)4/h6-7,10H,5,8-9H2,1-4H3. The molecular weight excluding hydrogens is 222 g/mol. The maximum atomic E-state index is 11.4. The lowest BCUT2D eigenvalue weighted by atomic mass is 10.2. The third kappa shape index (κ3) is 9.56. The highest BCUT2D eigenvalue weighted by Gasteiger charge is 2.21. The van der Waals surface area contributed by atoms with Crippen LogP contribution in [0.25, 0.3) is 0 Å². The van der Waals surface area contributed by atoms with Crippen LogP contribution in [0.3, 0.4) is 0 Å². The number of carboxylic acid groups (broad SMARTS) is 1. The summed E-state index contributed by atoms with van der Waals surface area (Å²) in [7, 11) is 5.70. The summed E-state index contributed by atoms with van der Waals surface area (Å²) in [6.45, 7) is 2.33. The number of hydrogen-bond donors (Lipinski definition) is 0. The molecule has 0 rings (SSSR count). The van der Waals surface area contributed by atoms with E-state index >= 15 is 0 Å². The van der Waals surface area contributed by atoms with E-state index in [2.05, 4.69) is 0 Å². The van der Waals surface area contributed by atoms with Crippen LogP contribution in [0.15, 0.2) is 12.2 Å². The van der Waals surface area contributed by atoms with Gasteiger partial charge in [-0.2, -0.15) is 0 Å². The highest BCUT2D eigenvalue weighted by molar-refractivity contribution is 5.82. The number of hydrogen-bond acceptors (Lipinski definition) is 4. The fourth-order valence-electron chi connectivity index (χ4n) is 1.36. The van der Waals surface area contributed by atoms with E-state index in [1.54, 1.807) is 6.08 Å². The van der Waals surface area contributed by atoms with Gasteiger partial charge in [-0.05, 0) is 6.42 Å². The maximum absolute atomic E-state index is 11.4. The molecular formula is C12H21NO4. The quantitative estimate of drug-likeness (QED) is 0.350. The highest BCUT2D eigenvalue weighted by atomic mass is 16.5. The van der Waals surface area contributed by atoms with Crippen molar-refractivity contribution in [2.24, 2.45) is 0 Å². The second-order valence-corrected chi connectivity index (χ2v) is 4.92. The molecule has 0 spiro atoms. The minimum absolute atomic E-state index is 0.277. The molecule has 5 heteroatoms. The number of carbonyl (C=O) groups is 2. The number of carbonyl (C=O) groups excluding carboxylic acids is 2. The molecule has 98 valence electrons. The first-order chi connectivity index (χ1) is 7.74.